The van der Waals surface area contributed by atoms with Crippen molar-refractivity contribution < 1.29 is 8.42 Å². The van der Waals surface area contributed by atoms with Crippen molar-refractivity contribution >= 4 is 26.7 Å². The molecule has 3 aromatic rings. The highest BCUT2D eigenvalue weighted by Crippen LogP contribution is 2.30. The number of imidazole rings is 1. The van der Waals surface area contributed by atoms with Crippen LogP contribution in [-0.4, -0.2) is 43.1 Å². The van der Waals surface area contributed by atoms with Crippen LogP contribution in [0.2, 0.25) is 0 Å². The number of fused-ring (bicyclic) bond motifs is 1. The SMILES string of the molecule is Cc1nc2c(N3CCN[C@@H](C)C3)cccc2n1S(=O)(=O)c1ccccc1. The molecule has 6 nitrogen and oxygen atoms in total. The molecule has 1 aliphatic heterocycles. The van der Waals surface area contributed by atoms with Crippen molar-refractivity contribution in [2.24, 2.45) is 0 Å². The lowest BCUT2D eigenvalue weighted by atomic mass is 10.2. The van der Waals surface area contributed by atoms with Gasteiger partial charge in [-0.05, 0) is 38.1 Å². The Hall–Kier alpha value is -2.38. The van der Waals surface area contributed by atoms with Crippen LogP contribution in [-0.2, 0) is 10.0 Å². The van der Waals surface area contributed by atoms with Gasteiger partial charge in [0.2, 0.25) is 0 Å². The van der Waals surface area contributed by atoms with Crippen LogP contribution in [0.25, 0.3) is 11.0 Å². The van der Waals surface area contributed by atoms with Gasteiger partial charge in [-0.1, -0.05) is 24.3 Å². The van der Waals surface area contributed by atoms with Crippen molar-refractivity contribution in [2.75, 3.05) is 24.5 Å². The molecule has 1 fully saturated rings. The molecule has 0 bridgehead atoms. The van der Waals surface area contributed by atoms with Gasteiger partial charge < -0.3 is 10.2 Å². The smallest absolute Gasteiger partial charge is 0.269 e. The number of anilines is 1. The van der Waals surface area contributed by atoms with Gasteiger partial charge in [0.05, 0.1) is 16.1 Å². The largest absolute Gasteiger partial charge is 0.367 e. The number of hydrogen-bond donors (Lipinski definition) is 1. The maximum Gasteiger partial charge on any atom is 0.269 e. The molecule has 0 amide bonds. The summed E-state index contributed by atoms with van der Waals surface area (Å²) in [4.78, 5) is 7.17. The van der Waals surface area contributed by atoms with E-state index in [0.29, 0.717) is 17.4 Å². The van der Waals surface area contributed by atoms with E-state index in [9.17, 15) is 8.42 Å². The number of piperazine rings is 1. The summed E-state index contributed by atoms with van der Waals surface area (Å²) in [6.07, 6.45) is 0. The molecular weight excluding hydrogens is 348 g/mol. The first-order valence-corrected chi connectivity index (χ1v) is 10.2. The average molecular weight is 370 g/mol. The fourth-order valence-electron chi connectivity index (χ4n) is 3.59. The van der Waals surface area contributed by atoms with Crippen molar-refractivity contribution in [3.8, 4) is 0 Å². The van der Waals surface area contributed by atoms with Crippen LogP contribution >= 0.6 is 0 Å². The molecule has 7 heteroatoms. The summed E-state index contributed by atoms with van der Waals surface area (Å²) in [6.45, 7) is 6.54. The van der Waals surface area contributed by atoms with E-state index in [1.165, 1.54) is 3.97 Å². The van der Waals surface area contributed by atoms with Crippen molar-refractivity contribution in [1.29, 1.82) is 0 Å². The van der Waals surface area contributed by atoms with E-state index in [-0.39, 0.29) is 4.90 Å². The Morgan fingerprint density at radius 1 is 1.12 bits per heavy atom. The molecule has 26 heavy (non-hydrogen) atoms. The van der Waals surface area contributed by atoms with Crippen LogP contribution in [0, 0.1) is 6.92 Å². The monoisotopic (exact) mass is 370 g/mol. The normalized spacial score (nSPS) is 18.4. The van der Waals surface area contributed by atoms with Crippen LogP contribution in [0.3, 0.4) is 0 Å². The van der Waals surface area contributed by atoms with E-state index in [1.807, 2.05) is 24.3 Å². The molecule has 0 unspecified atom stereocenters. The Labute approximate surface area is 153 Å². The number of hydrogen-bond acceptors (Lipinski definition) is 5. The minimum Gasteiger partial charge on any atom is -0.367 e. The Balaban J connectivity index is 1.88. The quantitative estimate of drug-likeness (QED) is 0.767. The average Bonchev–Trinajstić information content (AvgIpc) is 2.99. The van der Waals surface area contributed by atoms with Gasteiger partial charge in [0, 0.05) is 25.7 Å². The number of nitrogens with one attached hydrogen (secondary N) is 1. The number of benzene rings is 2. The second-order valence-electron chi connectivity index (χ2n) is 6.69. The highest BCUT2D eigenvalue weighted by atomic mass is 32.2. The summed E-state index contributed by atoms with van der Waals surface area (Å²) in [5.74, 6) is 0.472. The molecule has 1 aromatic heterocycles. The molecule has 0 saturated carbocycles. The van der Waals surface area contributed by atoms with Crippen LogP contribution < -0.4 is 10.2 Å². The van der Waals surface area contributed by atoms with Crippen LogP contribution in [0.4, 0.5) is 5.69 Å². The summed E-state index contributed by atoms with van der Waals surface area (Å²) >= 11 is 0. The lowest BCUT2D eigenvalue weighted by Crippen LogP contribution is -2.49. The second-order valence-corrected chi connectivity index (χ2v) is 8.47. The Morgan fingerprint density at radius 3 is 2.62 bits per heavy atom. The first kappa shape index (κ1) is 17.1. The summed E-state index contributed by atoms with van der Waals surface area (Å²) in [5, 5.41) is 3.43. The van der Waals surface area contributed by atoms with E-state index < -0.39 is 10.0 Å². The van der Waals surface area contributed by atoms with Gasteiger partial charge in [-0.25, -0.2) is 17.4 Å². The van der Waals surface area contributed by atoms with Crippen molar-refractivity contribution in [1.82, 2.24) is 14.3 Å². The van der Waals surface area contributed by atoms with Crippen LogP contribution in [0.5, 0.6) is 0 Å². The summed E-state index contributed by atoms with van der Waals surface area (Å²) in [6, 6.07) is 14.6. The molecule has 1 aliphatic rings. The van der Waals surface area contributed by atoms with Gasteiger partial charge >= 0.3 is 0 Å². The van der Waals surface area contributed by atoms with E-state index in [1.54, 1.807) is 31.2 Å². The van der Waals surface area contributed by atoms with Crippen molar-refractivity contribution in [2.45, 2.75) is 24.8 Å². The number of aryl methyl sites for hydroxylation is 1. The maximum absolute atomic E-state index is 13.2. The fraction of sp³-hybridized carbons (Fsp3) is 0.316. The number of aromatic nitrogens is 2. The molecule has 0 radical (unpaired) electrons. The summed E-state index contributed by atoms with van der Waals surface area (Å²) in [5.41, 5.74) is 2.34. The summed E-state index contributed by atoms with van der Waals surface area (Å²) in [7, 11) is -3.69. The van der Waals surface area contributed by atoms with E-state index in [0.717, 1.165) is 30.8 Å². The third-order valence-electron chi connectivity index (χ3n) is 4.77. The topological polar surface area (TPSA) is 67.2 Å². The van der Waals surface area contributed by atoms with Gasteiger partial charge in [0.15, 0.2) is 0 Å². The van der Waals surface area contributed by atoms with Crippen molar-refractivity contribution in [3.05, 3.63) is 54.4 Å². The van der Waals surface area contributed by atoms with Gasteiger partial charge in [0.25, 0.3) is 10.0 Å². The van der Waals surface area contributed by atoms with Crippen LogP contribution in [0.15, 0.2) is 53.4 Å². The zero-order chi connectivity index (χ0) is 18.3. The fourth-order valence-corrected chi connectivity index (χ4v) is 5.09. The van der Waals surface area contributed by atoms with Crippen molar-refractivity contribution in [3.63, 3.8) is 0 Å². The lowest BCUT2D eigenvalue weighted by Gasteiger charge is -2.33. The Morgan fingerprint density at radius 2 is 1.88 bits per heavy atom. The number of nitrogens with zero attached hydrogens (tertiary/aromatic N) is 3. The second kappa shape index (κ2) is 6.41. The zero-order valence-electron chi connectivity index (χ0n) is 14.9. The first-order valence-electron chi connectivity index (χ1n) is 8.75. The molecule has 1 N–H and O–H groups in total. The zero-order valence-corrected chi connectivity index (χ0v) is 15.7. The number of rotatable bonds is 3. The van der Waals surface area contributed by atoms with Gasteiger partial charge in [-0.2, -0.15) is 0 Å². The van der Waals surface area contributed by atoms with E-state index in [4.69, 9.17) is 0 Å². The van der Waals surface area contributed by atoms with E-state index >= 15 is 0 Å². The van der Waals surface area contributed by atoms with Crippen LogP contribution in [0.1, 0.15) is 12.7 Å². The molecule has 1 atom stereocenters. The van der Waals surface area contributed by atoms with Gasteiger partial charge in [-0.15, -0.1) is 0 Å². The lowest BCUT2D eigenvalue weighted by molar-refractivity contribution is 0.485. The number of para-hydroxylation sites is 1. The van der Waals surface area contributed by atoms with Gasteiger partial charge in [0.1, 0.15) is 11.3 Å². The minimum absolute atomic E-state index is 0.267. The first-order chi connectivity index (χ1) is 12.5. The standard InChI is InChI=1S/C19H22N4O2S/c1-14-13-22(12-11-20-14)17-9-6-10-18-19(17)21-15(2)23(18)26(24,25)16-7-4-3-5-8-16/h3-10,14,20H,11-13H2,1-2H3/t14-/m0/s1. The van der Waals surface area contributed by atoms with E-state index in [2.05, 4.69) is 22.1 Å². The minimum atomic E-state index is -3.69. The maximum atomic E-state index is 13.2. The predicted octanol–water partition coefficient (Wildman–Crippen LogP) is 2.38. The molecule has 0 aliphatic carbocycles. The highest BCUT2D eigenvalue weighted by Gasteiger charge is 2.25. The molecular formula is C19H22N4O2S. The molecule has 136 valence electrons. The Kier molecular flexibility index (Phi) is 4.20. The molecule has 1 saturated heterocycles. The summed E-state index contributed by atoms with van der Waals surface area (Å²) < 4.78 is 27.7. The third kappa shape index (κ3) is 2.77. The Bertz CT molecular complexity index is 1040. The third-order valence-corrected chi connectivity index (χ3v) is 6.58. The predicted molar refractivity (Wildman–Crippen MR) is 103 cm³/mol. The highest BCUT2D eigenvalue weighted by molar-refractivity contribution is 7.90. The molecule has 4 rings (SSSR count). The molecule has 0 spiro atoms. The van der Waals surface area contributed by atoms with Gasteiger partial charge in [-0.3, -0.25) is 0 Å². The molecule has 2 aromatic carbocycles. The molecule has 2 heterocycles.